The molecule has 1 unspecified atom stereocenters. The van der Waals surface area contributed by atoms with Crippen LogP contribution in [0.1, 0.15) is 33.3 Å². The minimum Gasteiger partial charge on any atom is -0.491 e. The highest BCUT2D eigenvalue weighted by Gasteiger charge is 2.21. The van der Waals surface area contributed by atoms with Crippen LogP contribution in [0.4, 0.5) is 0 Å². The summed E-state index contributed by atoms with van der Waals surface area (Å²) >= 11 is 0. The molecule has 0 aliphatic carbocycles. The van der Waals surface area contributed by atoms with E-state index < -0.39 is 30.5 Å². The molecule has 0 aromatic heterocycles. The van der Waals surface area contributed by atoms with Crippen LogP contribution in [0.2, 0.25) is 0 Å². The molecule has 11 nitrogen and oxygen atoms in total. The van der Waals surface area contributed by atoms with E-state index in [1.807, 2.05) is 26.0 Å². The Balaban J connectivity index is 2.36. The van der Waals surface area contributed by atoms with Gasteiger partial charge in [-0.2, -0.15) is 0 Å². The van der Waals surface area contributed by atoms with Crippen molar-refractivity contribution < 1.29 is 38.8 Å². The number of aliphatic hydroxyl groups is 1. The highest BCUT2D eigenvalue weighted by atomic mass is 17.0. The van der Waals surface area contributed by atoms with Crippen LogP contribution in [-0.4, -0.2) is 79.0 Å². The fourth-order valence-corrected chi connectivity index (χ4v) is 2.58. The van der Waals surface area contributed by atoms with Gasteiger partial charge in [0.15, 0.2) is 6.79 Å². The van der Waals surface area contributed by atoms with Gasteiger partial charge in [0.05, 0.1) is 32.5 Å². The van der Waals surface area contributed by atoms with E-state index in [0.29, 0.717) is 25.6 Å². The SMILES string of the molecule is CC(C)OCCOCc1ccc(OCC(O)CN(C(=O)COCO[N+](=O)[O-])C(C)C)cc1. The molecule has 0 bridgehead atoms. The predicted molar refractivity (Wildman–Crippen MR) is 114 cm³/mol. The molecule has 1 atom stereocenters. The van der Waals surface area contributed by atoms with E-state index in [9.17, 15) is 20.0 Å². The normalized spacial score (nSPS) is 12.1. The second kappa shape index (κ2) is 15.4. The van der Waals surface area contributed by atoms with Gasteiger partial charge < -0.3 is 29.0 Å². The molecule has 1 amide bonds. The summed E-state index contributed by atoms with van der Waals surface area (Å²) in [5.74, 6) is 0.160. The predicted octanol–water partition coefficient (Wildman–Crippen LogP) is 1.79. The Morgan fingerprint density at radius 2 is 1.81 bits per heavy atom. The van der Waals surface area contributed by atoms with Gasteiger partial charge in [-0.25, -0.2) is 0 Å². The van der Waals surface area contributed by atoms with E-state index in [1.54, 1.807) is 26.0 Å². The first-order valence-corrected chi connectivity index (χ1v) is 10.4. The summed E-state index contributed by atoms with van der Waals surface area (Å²) in [4.78, 5) is 27.7. The van der Waals surface area contributed by atoms with Gasteiger partial charge in [-0.15, -0.1) is 10.1 Å². The van der Waals surface area contributed by atoms with Crippen molar-refractivity contribution in [1.29, 1.82) is 0 Å². The maximum atomic E-state index is 12.2. The van der Waals surface area contributed by atoms with Crippen LogP contribution < -0.4 is 4.74 Å². The summed E-state index contributed by atoms with van der Waals surface area (Å²) in [6.45, 7) is 8.03. The van der Waals surface area contributed by atoms with Gasteiger partial charge in [0.1, 0.15) is 25.1 Å². The third-order valence-corrected chi connectivity index (χ3v) is 4.13. The minimum atomic E-state index is -1.01. The fraction of sp³-hybridized carbons (Fsp3) is 0.667. The van der Waals surface area contributed by atoms with Crippen LogP contribution in [-0.2, 0) is 30.4 Å². The molecule has 1 aromatic rings. The Bertz CT molecular complexity index is 668. The number of amides is 1. The second-order valence-corrected chi connectivity index (χ2v) is 7.54. The Morgan fingerprint density at radius 3 is 2.41 bits per heavy atom. The van der Waals surface area contributed by atoms with Crippen molar-refractivity contribution in [3.8, 4) is 5.75 Å². The maximum absolute atomic E-state index is 12.2. The number of ether oxygens (including phenoxy) is 4. The Kier molecular flexibility index (Phi) is 13.2. The zero-order valence-electron chi connectivity index (χ0n) is 19.1. The standard InChI is InChI=1S/C21H34N2O9/c1-16(2)22(21(25)14-29-15-32-23(26)27)11-19(24)13-31-20-7-5-18(6-8-20)12-28-9-10-30-17(3)4/h5-8,16-17,19,24H,9-15H2,1-4H3. The molecule has 0 saturated heterocycles. The molecule has 0 heterocycles. The third kappa shape index (κ3) is 12.4. The number of benzene rings is 1. The first-order valence-electron chi connectivity index (χ1n) is 10.4. The molecule has 0 fully saturated rings. The van der Waals surface area contributed by atoms with Crippen LogP contribution >= 0.6 is 0 Å². The highest BCUT2D eigenvalue weighted by Crippen LogP contribution is 2.14. The average Bonchev–Trinajstić information content (AvgIpc) is 2.73. The molecule has 182 valence electrons. The van der Waals surface area contributed by atoms with E-state index in [2.05, 4.69) is 4.84 Å². The Hall–Kier alpha value is -2.47. The second-order valence-electron chi connectivity index (χ2n) is 7.54. The van der Waals surface area contributed by atoms with Crippen LogP contribution in [0, 0.1) is 10.1 Å². The van der Waals surface area contributed by atoms with Gasteiger partial charge >= 0.3 is 0 Å². The number of hydrogen-bond donors (Lipinski definition) is 1. The first-order chi connectivity index (χ1) is 15.2. The van der Waals surface area contributed by atoms with E-state index in [4.69, 9.17) is 18.9 Å². The lowest BCUT2D eigenvalue weighted by Gasteiger charge is -2.29. The highest BCUT2D eigenvalue weighted by molar-refractivity contribution is 5.77. The molecule has 32 heavy (non-hydrogen) atoms. The number of rotatable bonds is 17. The number of nitrogens with zero attached hydrogens (tertiary/aromatic N) is 2. The zero-order valence-corrected chi connectivity index (χ0v) is 19.1. The van der Waals surface area contributed by atoms with Gasteiger partial charge in [-0.1, -0.05) is 12.1 Å². The fourth-order valence-electron chi connectivity index (χ4n) is 2.58. The van der Waals surface area contributed by atoms with Crippen LogP contribution in [0.15, 0.2) is 24.3 Å². The molecule has 11 heteroatoms. The van der Waals surface area contributed by atoms with Gasteiger partial charge in [0.25, 0.3) is 5.09 Å². The molecule has 0 aliphatic rings. The number of carbonyl (C=O) groups excluding carboxylic acids is 1. The summed E-state index contributed by atoms with van der Waals surface area (Å²) in [6.07, 6.45) is -0.750. The molecule has 0 saturated carbocycles. The van der Waals surface area contributed by atoms with Crippen molar-refractivity contribution in [1.82, 2.24) is 4.90 Å². The van der Waals surface area contributed by atoms with Gasteiger partial charge in [0, 0.05) is 6.04 Å². The van der Waals surface area contributed by atoms with Crippen molar-refractivity contribution in [2.75, 3.05) is 39.8 Å². The lowest BCUT2D eigenvalue weighted by molar-refractivity contribution is -0.767. The molecule has 1 rings (SSSR count). The summed E-state index contributed by atoms with van der Waals surface area (Å²) in [7, 11) is 0. The van der Waals surface area contributed by atoms with Crippen LogP contribution in [0.25, 0.3) is 0 Å². The molecule has 1 aromatic carbocycles. The van der Waals surface area contributed by atoms with E-state index in [-0.39, 0.29) is 25.3 Å². The number of hydrogen-bond acceptors (Lipinski definition) is 9. The Labute approximate surface area is 188 Å². The van der Waals surface area contributed by atoms with Crippen molar-refractivity contribution in [3.05, 3.63) is 39.9 Å². The van der Waals surface area contributed by atoms with Crippen molar-refractivity contribution in [2.24, 2.45) is 0 Å². The van der Waals surface area contributed by atoms with E-state index in [1.165, 1.54) is 4.90 Å². The van der Waals surface area contributed by atoms with Crippen molar-refractivity contribution >= 4 is 5.91 Å². The van der Waals surface area contributed by atoms with Crippen LogP contribution in [0.5, 0.6) is 5.75 Å². The molecular formula is C21H34N2O9. The first kappa shape index (κ1) is 27.6. The monoisotopic (exact) mass is 458 g/mol. The maximum Gasteiger partial charge on any atom is 0.296 e. The van der Waals surface area contributed by atoms with Crippen molar-refractivity contribution in [2.45, 2.75) is 52.6 Å². The molecule has 0 aliphatic heterocycles. The number of carbonyl (C=O) groups is 1. The summed E-state index contributed by atoms with van der Waals surface area (Å²) in [5, 5.41) is 19.4. The van der Waals surface area contributed by atoms with Crippen molar-refractivity contribution in [3.63, 3.8) is 0 Å². The topological polar surface area (TPSA) is 130 Å². The zero-order chi connectivity index (χ0) is 23.9. The quantitative estimate of drug-likeness (QED) is 0.161. The lowest BCUT2D eigenvalue weighted by atomic mass is 10.2. The minimum absolute atomic E-state index is 0.00974. The van der Waals surface area contributed by atoms with Gasteiger partial charge in [-0.05, 0) is 45.4 Å². The molecule has 1 N–H and O–H groups in total. The van der Waals surface area contributed by atoms with Gasteiger partial charge in [0.2, 0.25) is 5.91 Å². The summed E-state index contributed by atoms with van der Waals surface area (Å²) in [5.41, 5.74) is 0.986. The number of aliphatic hydroxyl groups excluding tert-OH is 1. The third-order valence-electron chi connectivity index (χ3n) is 4.13. The molecule has 0 spiro atoms. The van der Waals surface area contributed by atoms with E-state index in [0.717, 1.165) is 5.56 Å². The molecular weight excluding hydrogens is 424 g/mol. The largest absolute Gasteiger partial charge is 0.491 e. The van der Waals surface area contributed by atoms with E-state index >= 15 is 0 Å². The summed E-state index contributed by atoms with van der Waals surface area (Å²) in [6, 6.07) is 7.11. The van der Waals surface area contributed by atoms with Crippen LogP contribution in [0.3, 0.4) is 0 Å². The molecule has 0 radical (unpaired) electrons. The Morgan fingerprint density at radius 1 is 1.12 bits per heavy atom. The lowest BCUT2D eigenvalue weighted by Crippen LogP contribution is -2.45. The van der Waals surface area contributed by atoms with Gasteiger partial charge in [-0.3, -0.25) is 9.63 Å². The smallest absolute Gasteiger partial charge is 0.296 e. The average molecular weight is 459 g/mol. The summed E-state index contributed by atoms with van der Waals surface area (Å²) < 4.78 is 21.4.